The summed E-state index contributed by atoms with van der Waals surface area (Å²) in [7, 11) is -2.81. The Morgan fingerprint density at radius 3 is 2.65 bits per heavy atom. The van der Waals surface area contributed by atoms with Gasteiger partial charge in [-0.2, -0.15) is 0 Å². The average molecular weight is 389 g/mol. The molecule has 1 aromatic rings. The number of aliphatic hydroxyl groups excluding tert-OH is 1. The highest BCUT2D eigenvalue weighted by atomic mass is 79.9. The van der Waals surface area contributed by atoms with Crippen molar-refractivity contribution < 1.29 is 28.2 Å². The van der Waals surface area contributed by atoms with Crippen LogP contribution >= 0.6 is 27.5 Å². The fourth-order valence-electron chi connectivity index (χ4n) is 1.29. The van der Waals surface area contributed by atoms with E-state index < -0.39 is 28.6 Å². The molecule has 1 rings (SSSR count). The van der Waals surface area contributed by atoms with E-state index in [1.807, 2.05) is 4.72 Å². The molecule has 0 aliphatic rings. The molecule has 0 amide bonds. The molecule has 0 saturated carbocycles. The van der Waals surface area contributed by atoms with E-state index in [0.29, 0.717) is 4.47 Å². The second kappa shape index (κ2) is 6.72. The van der Waals surface area contributed by atoms with E-state index >= 15 is 0 Å². The van der Waals surface area contributed by atoms with Gasteiger partial charge in [0.2, 0.25) is 10.0 Å². The van der Waals surface area contributed by atoms with Gasteiger partial charge in [-0.05, 0) is 28.1 Å². The third-order valence-corrected chi connectivity index (χ3v) is 4.46. The molecule has 0 spiro atoms. The lowest BCUT2D eigenvalue weighted by Crippen LogP contribution is -2.36. The molecule has 0 aliphatic heterocycles. The first kappa shape index (κ1) is 17.2. The smallest absolute Gasteiger partial charge is 0.333 e. The summed E-state index contributed by atoms with van der Waals surface area (Å²) in [5, 5.41) is 17.7. The molecule has 0 aliphatic carbocycles. The minimum absolute atomic E-state index is 0.0201. The molecular formula is C10H11BrClNO6S. The molecular weight excluding hydrogens is 378 g/mol. The predicted molar refractivity (Wildman–Crippen MR) is 74.5 cm³/mol. The van der Waals surface area contributed by atoms with Gasteiger partial charge in [0.15, 0.2) is 11.9 Å². The summed E-state index contributed by atoms with van der Waals surface area (Å²) in [6.45, 7) is -0.676. The molecule has 0 fully saturated rings. The molecule has 0 heterocycles. The van der Waals surface area contributed by atoms with Gasteiger partial charge in [0.05, 0.1) is 11.6 Å². The Kier molecular flexibility index (Phi) is 5.78. The van der Waals surface area contributed by atoms with Gasteiger partial charge in [-0.3, -0.25) is 0 Å². The summed E-state index contributed by atoms with van der Waals surface area (Å²) < 4.78 is 31.4. The summed E-state index contributed by atoms with van der Waals surface area (Å²) in [6.07, 6.45) is -1.85. The van der Waals surface area contributed by atoms with Crippen molar-refractivity contribution in [2.45, 2.75) is 11.0 Å². The summed E-state index contributed by atoms with van der Waals surface area (Å²) >= 11 is 8.89. The number of methoxy groups -OCH3 is 1. The van der Waals surface area contributed by atoms with E-state index in [9.17, 15) is 13.2 Å². The van der Waals surface area contributed by atoms with Gasteiger partial charge < -0.3 is 14.9 Å². The molecule has 1 unspecified atom stereocenters. The van der Waals surface area contributed by atoms with Crippen molar-refractivity contribution in [1.29, 1.82) is 0 Å². The van der Waals surface area contributed by atoms with Crippen molar-refractivity contribution in [2.75, 3.05) is 13.7 Å². The highest BCUT2D eigenvalue weighted by Gasteiger charge is 2.24. The van der Waals surface area contributed by atoms with Crippen LogP contribution in [0.25, 0.3) is 0 Å². The van der Waals surface area contributed by atoms with Crippen LogP contribution in [0.2, 0.25) is 5.02 Å². The maximum absolute atomic E-state index is 12.1. The number of hydrogen-bond acceptors (Lipinski definition) is 5. The van der Waals surface area contributed by atoms with E-state index in [1.165, 1.54) is 13.2 Å². The van der Waals surface area contributed by atoms with Crippen LogP contribution < -0.4 is 9.46 Å². The van der Waals surface area contributed by atoms with E-state index in [0.717, 1.165) is 6.07 Å². The highest BCUT2D eigenvalue weighted by Crippen LogP contribution is 2.35. The number of aliphatic hydroxyl groups is 1. The molecule has 10 heteroatoms. The molecule has 1 aromatic carbocycles. The fraction of sp³-hybridized carbons (Fsp3) is 0.300. The SMILES string of the molecule is COc1c(Br)cc(Cl)cc1S(=O)(=O)NCC(O)C(=O)O. The van der Waals surface area contributed by atoms with Crippen LogP contribution in [0.15, 0.2) is 21.5 Å². The van der Waals surface area contributed by atoms with E-state index in [2.05, 4.69) is 15.9 Å². The molecule has 0 radical (unpaired) electrons. The second-order valence-electron chi connectivity index (χ2n) is 3.62. The van der Waals surface area contributed by atoms with Crippen LogP contribution in [0.3, 0.4) is 0 Å². The minimum Gasteiger partial charge on any atom is -0.494 e. The summed E-state index contributed by atoms with van der Waals surface area (Å²) in [5.74, 6) is -1.52. The number of carboxylic acid groups (broad SMARTS) is 1. The first-order chi connectivity index (χ1) is 9.19. The Hall–Kier alpha value is -0.870. The number of ether oxygens (including phenoxy) is 1. The monoisotopic (exact) mass is 387 g/mol. The van der Waals surface area contributed by atoms with Crippen molar-refractivity contribution in [2.24, 2.45) is 0 Å². The zero-order chi connectivity index (χ0) is 15.5. The van der Waals surface area contributed by atoms with Crippen molar-refractivity contribution in [3.63, 3.8) is 0 Å². The zero-order valence-corrected chi connectivity index (χ0v) is 13.3. The van der Waals surface area contributed by atoms with Crippen LogP contribution in [0.1, 0.15) is 0 Å². The maximum Gasteiger partial charge on any atom is 0.333 e. The number of hydrogen-bond donors (Lipinski definition) is 3. The number of rotatable bonds is 6. The van der Waals surface area contributed by atoms with Crippen molar-refractivity contribution in [1.82, 2.24) is 4.72 Å². The van der Waals surface area contributed by atoms with E-state index in [-0.39, 0.29) is 15.7 Å². The molecule has 20 heavy (non-hydrogen) atoms. The minimum atomic E-state index is -4.09. The molecule has 7 nitrogen and oxygen atoms in total. The third-order valence-electron chi connectivity index (χ3n) is 2.22. The number of carbonyl (C=O) groups is 1. The van der Waals surface area contributed by atoms with Gasteiger partial charge in [0, 0.05) is 11.6 Å². The van der Waals surface area contributed by atoms with Crippen LogP contribution in [-0.4, -0.2) is 44.4 Å². The molecule has 1 atom stereocenters. The fourth-order valence-corrected chi connectivity index (χ4v) is 3.71. The summed E-state index contributed by atoms with van der Waals surface area (Å²) in [6, 6.07) is 2.60. The summed E-state index contributed by atoms with van der Waals surface area (Å²) in [5.41, 5.74) is 0. The van der Waals surface area contributed by atoms with Crippen LogP contribution in [0.5, 0.6) is 5.75 Å². The Labute approximate surface area is 128 Å². The zero-order valence-electron chi connectivity index (χ0n) is 10.1. The van der Waals surface area contributed by atoms with Gasteiger partial charge in [-0.15, -0.1) is 0 Å². The molecule has 0 bridgehead atoms. The standard InChI is InChI=1S/C10H11BrClNO6S/c1-19-9-6(11)2-5(12)3-8(9)20(17,18)13-4-7(14)10(15)16/h2-3,7,13-14H,4H2,1H3,(H,15,16). The van der Waals surface area contributed by atoms with Crippen molar-refractivity contribution in [3.8, 4) is 5.75 Å². The molecule has 3 N–H and O–H groups in total. The van der Waals surface area contributed by atoms with Crippen LogP contribution in [0.4, 0.5) is 0 Å². The topological polar surface area (TPSA) is 113 Å². The molecule has 0 saturated heterocycles. The Balaban J connectivity index is 3.13. The van der Waals surface area contributed by atoms with E-state index in [1.54, 1.807) is 0 Å². The Morgan fingerprint density at radius 1 is 1.55 bits per heavy atom. The normalized spacial score (nSPS) is 13.0. The maximum atomic E-state index is 12.1. The molecule has 0 aromatic heterocycles. The van der Waals surface area contributed by atoms with Gasteiger partial charge in [-0.1, -0.05) is 11.6 Å². The van der Waals surface area contributed by atoms with Gasteiger partial charge in [0.1, 0.15) is 4.90 Å². The second-order valence-corrected chi connectivity index (χ2v) is 6.65. The Bertz CT molecular complexity index is 620. The highest BCUT2D eigenvalue weighted by molar-refractivity contribution is 9.10. The lowest BCUT2D eigenvalue weighted by Gasteiger charge is -2.13. The van der Waals surface area contributed by atoms with Crippen molar-refractivity contribution in [3.05, 3.63) is 21.6 Å². The molecule has 112 valence electrons. The average Bonchev–Trinajstić information content (AvgIpc) is 2.35. The van der Waals surface area contributed by atoms with Gasteiger partial charge in [0.25, 0.3) is 0 Å². The third kappa shape index (κ3) is 4.06. The Morgan fingerprint density at radius 2 is 2.15 bits per heavy atom. The summed E-state index contributed by atoms with van der Waals surface area (Å²) in [4.78, 5) is 10.2. The first-order valence-corrected chi connectivity index (χ1v) is 7.78. The predicted octanol–water partition coefficient (Wildman–Crippen LogP) is 0.835. The largest absolute Gasteiger partial charge is 0.494 e. The van der Waals surface area contributed by atoms with Gasteiger partial charge >= 0.3 is 5.97 Å². The van der Waals surface area contributed by atoms with Crippen molar-refractivity contribution >= 4 is 43.5 Å². The lowest BCUT2D eigenvalue weighted by atomic mass is 10.3. The quantitative estimate of drug-likeness (QED) is 0.665. The van der Waals surface area contributed by atoms with Crippen LogP contribution in [0, 0.1) is 0 Å². The number of nitrogens with one attached hydrogen (secondary N) is 1. The van der Waals surface area contributed by atoms with E-state index in [4.69, 9.17) is 26.6 Å². The van der Waals surface area contributed by atoms with Gasteiger partial charge in [-0.25, -0.2) is 17.9 Å². The first-order valence-electron chi connectivity index (χ1n) is 5.12. The number of benzene rings is 1. The number of aliphatic carboxylic acids is 1. The number of halogens is 2. The number of sulfonamides is 1. The number of carboxylic acids is 1. The van der Waals surface area contributed by atoms with Crippen LogP contribution in [-0.2, 0) is 14.8 Å². The lowest BCUT2D eigenvalue weighted by molar-refractivity contribution is -0.146.